The van der Waals surface area contributed by atoms with Gasteiger partial charge in [-0.2, -0.15) is 4.98 Å². The highest BCUT2D eigenvalue weighted by molar-refractivity contribution is 5.37. The van der Waals surface area contributed by atoms with Crippen molar-refractivity contribution in [3.05, 3.63) is 32.8 Å². The van der Waals surface area contributed by atoms with E-state index < -0.39 is 11.4 Å². The summed E-state index contributed by atoms with van der Waals surface area (Å²) in [6, 6.07) is 1.61. The van der Waals surface area contributed by atoms with E-state index in [1.807, 2.05) is 20.8 Å². The predicted molar refractivity (Wildman–Crippen MR) is 57.7 cm³/mol. The summed E-state index contributed by atoms with van der Waals surface area (Å²) < 4.78 is 7.32. The van der Waals surface area contributed by atoms with Crippen LogP contribution in [0.15, 0.2) is 20.2 Å². The molecule has 0 unspecified atom stereocenters. The molecule has 86 valence electrons. The van der Waals surface area contributed by atoms with Crippen molar-refractivity contribution < 1.29 is 4.52 Å². The maximum atomic E-state index is 11.7. The number of hydrogen-bond donors (Lipinski definition) is 0. The topological polar surface area (TPSA) is 69.5 Å². The van der Waals surface area contributed by atoms with Crippen LogP contribution < -0.4 is 11.4 Å². The molecule has 2 rings (SSSR count). The van der Waals surface area contributed by atoms with E-state index in [0.717, 1.165) is 9.14 Å². The molecule has 0 N–H and O–H groups in total. The van der Waals surface area contributed by atoms with Gasteiger partial charge in [0.15, 0.2) is 5.65 Å². The van der Waals surface area contributed by atoms with Crippen molar-refractivity contribution in [2.24, 2.45) is 7.05 Å². The van der Waals surface area contributed by atoms with Crippen LogP contribution in [0.1, 0.15) is 26.5 Å². The number of rotatable bonds is 0. The molecule has 0 aliphatic rings. The molecular formula is C10H13N3O3. The summed E-state index contributed by atoms with van der Waals surface area (Å²) in [5.41, 5.74) is -1.09. The Morgan fingerprint density at radius 3 is 2.50 bits per heavy atom. The molecule has 16 heavy (non-hydrogen) atoms. The van der Waals surface area contributed by atoms with Crippen LogP contribution in [0.25, 0.3) is 5.65 Å². The highest BCUT2D eigenvalue weighted by Crippen LogP contribution is 2.22. The first-order chi connectivity index (χ1) is 7.30. The molecule has 0 aliphatic carbocycles. The molecule has 0 saturated heterocycles. The Balaban J connectivity index is 2.87. The lowest BCUT2D eigenvalue weighted by atomic mass is 9.94. The van der Waals surface area contributed by atoms with Crippen molar-refractivity contribution >= 4 is 5.65 Å². The zero-order valence-electron chi connectivity index (χ0n) is 9.64. The molecule has 0 aromatic carbocycles. The third-order valence-electron chi connectivity index (χ3n) is 2.35. The molecule has 0 radical (unpaired) electrons. The highest BCUT2D eigenvalue weighted by atomic mass is 16.5. The second-order valence-corrected chi connectivity index (χ2v) is 4.74. The van der Waals surface area contributed by atoms with Gasteiger partial charge in [0, 0.05) is 18.5 Å². The molecule has 0 bridgehead atoms. The van der Waals surface area contributed by atoms with Gasteiger partial charge in [-0.25, -0.2) is 14.2 Å². The smallest absolute Gasteiger partial charge is 0.367 e. The van der Waals surface area contributed by atoms with Gasteiger partial charge in [0.1, 0.15) is 5.76 Å². The van der Waals surface area contributed by atoms with Crippen LogP contribution in [0.5, 0.6) is 0 Å². The van der Waals surface area contributed by atoms with Crippen molar-refractivity contribution in [1.82, 2.24) is 14.1 Å². The predicted octanol–water partition coefficient (Wildman–Crippen LogP) is 0.284. The Hall–Kier alpha value is -1.85. The van der Waals surface area contributed by atoms with Crippen LogP contribution >= 0.6 is 0 Å². The summed E-state index contributed by atoms with van der Waals surface area (Å²) in [5, 5.41) is 0. The highest BCUT2D eigenvalue weighted by Gasteiger charge is 2.21. The fourth-order valence-corrected chi connectivity index (χ4v) is 1.31. The van der Waals surface area contributed by atoms with Crippen LogP contribution in [0, 0.1) is 0 Å². The molecule has 0 fully saturated rings. The van der Waals surface area contributed by atoms with Gasteiger partial charge in [0.25, 0.3) is 0 Å². The average Bonchev–Trinajstić information content (AvgIpc) is 2.57. The largest absolute Gasteiger partial charge is 0.373 e. The summed E-state index contributed by atoms with van der Waals surface area (Å²) in [7, 11) is 1.36. The van der Waals surface area contributed by atoms with Gasteiger partial charge in [-0.05, 0) is 0 Å². The van der Waals surface area contributed by atoms with Crippen LogP contribution in [-0.2, 0) is 12.5 Å². The first kappa shape index (κ1) is 10.7. The quantitative estimate of drug-likeness (QED) is 0.643. The molecule has 0 saturated carbocycles. The van der Waals surface area contributed by atoms with Crippen molar-refractivity contribution in [3.8, 4) is 0 Å². The van der Waals surface area contributed by atoms with Gasteiger partial charge < -0.3 is 4.52 Å². The minimum Gasteiger partial charge on any atom is -0.373 e. The maximum absolute atomic E-state index is 11.7. The molecule has 0 amide bonds. The third kappa shape index (κ3) is 1.46. The summed E-state index contributed by atoms with van der Waals surface area (Å²) >= 11 is 0. The molecule has 0 aliphatic heterocycles. The van der Waals surface area contributed by atoms with Gasteiger partial charge in [-0.15, -0.1) is 4.57 Å². The second-order valence-electron chi connectivity index (χ2n) is 4.74. The lowest BCUT2D eigenvalue weighted by Gasteiger charge is -2.12. The monoisotopic (exact) mass is 223 g/mol. The van der Waals surface area contributed by atoms with E-state index >= 15 is 0 Å². The lowest BCUT2D eigenvalue weighted by Crippen LogP contribution is -2.36. The first-order valence-corrected chi connectivity index (χ1v) is 4.91. The first-order valence-electron chi connectivity index (χ1n) is 4.91. The normalized spacial score (nSPS) is 12.2. The van der Waals surface area contributed by atoms with Crippen LogP contribution in [0.2, 0.25) is 0 Å². The summed E-state index contributed by atoms with van der Waals surface area (Å²) in [6.07, 6.45) is 0. The zero-order chi connectivity index (χ0) is 12.1. The molecule has 0 atom stereocenters. The van der Waals surface area contributed by atoms with Crippen LogP contribution in [-0.4, -0.2) is 14.1 Å². The van der Waals surface area contributed by atoms with Gasteiger partial charge in [-0.3, -0.25) is 0 Å². The Labute approximate surface area is 91.1 Å². The molecule has 2 heterocycles. The van der Waals surface area contributed by atoms with E-state index in [4.69, 9.17) is 4.52 Å². The third-order valence-corrected chi connectivity index (χ3v) is 2.35. The fourth-order valence-electron chi connectivity index (χ4n) is 1.31. The molecule has 6 heteroatoms. The lowest BCUT2D eigenvalue weighted by molar-refractivity contribution is 0.283. The Kier molecular flexibility index (Phi) is 2.04. The van der Waals surface area contributed by atoms with E-state index in [0.29, 0.717) is 5.76 Å². The second kappa shape index (κ2) is 3.07. The number of aromatic nitrogens is 3. The Morgan fingerprint density at radius 2 is 1.94 bits per heavy atom. The van der Waals surface area contributed by atoms with Crippen molar-refractivity contribution in [2.45, 2.75) is 26.2 Å². The van der Waals surface area contributed by atoms with Gasteiger partial charge in [0.2, 0.25) is 0 Å². The summed E-state index contributed by atoms with van der Waals surface area (Å²) in [5.74, 6) is 0.614. The van der Waals surface area contributed by atoms with Crippen molar-refractivity contribution in [2.75, 3.05) is 0 Å². The molecule has 2 aromatic rings. The summed E-state index contributed by atoms with van der Waals surface area (Å²) in [4.78, 5) is 26.7. The molecule has 6 nitrogen and oxygen atoms in total. The van der Waals surface area contributed by atoms with Gasteiger partial charge in [0.05, 0.1) is 0 Å². The molecule has 2 aromatic heterocycles. The fraction of sp³-hybridized carbons (Fsp3) is 0.500. The van der Waals surface area contributed by atoms with Crippen LogP contribution in [0.4, 0.5) is 0 Å². The van der Waals surface area contributed by atoms with Crippen molar-refractivity contribution in [3.63, 3.8) is 0 Å². The zero-order valence-corrected chi connectivity index (χ0v) is 9.64. The van der Waals surface area contributed by atoms with E-state index in [1.165, 1.54) is 7.05 Å². The van der Waals surface area contributed by atoms with Crippen LogP contribution in [0.3, 0.4) is 0 Å². The van der Waals surface area contributed by atoms with Gasteiger partial charge in [-0.1, -0.05) is 20.8 Å². The van der Waals surface area contributed by atoms with E-state index in [2.05, 4.69) is 4.98 Å². The Bertz CT molecular complexity index is 654. The van der Waals surface area contributed by atoms with E-state index in [1.54, 1.807) is 6.07 Å². The maximum Gasteiger partial charge on any atom is 0.367 e. The number of fused-ring (bicyclic) bond motifs is 1. The minimum absolute atomic E-state index is 0.234. The number of nitrogens with zero attached hydrogens (tertiary/aromatic N) is 3. The number of hydrogen-bond acceptors (Lipinski definition) is 4. The van der Waals surface area contributed by atoms with Crippen molar-refractivity contribution in [1.29, 1.82) is 0 Å². The minimum atomic E-state index is -0.578. The summed E-state index contributed by atoms with van der Waals surface area (Å²) in [6.45, 7) is 5.86. The Morgan fingerprint density at radius 1 is 1.31 bits per heavy atom. The molecule has 0 spiro atoms. The average molecular weight is 223 g/mol. The SMILES string of the molecule is Cn1c(=O)nc2cc(C(C)(C)C)on2c1=O. The standard InChI is InChI=1S/C10H13N3O3/c1-10(2,3)6-5-7-11-8(14)12(4)9(15)13(7)16-6/h5H,1-4H3. The van der Waals surface area contributed by atoms with E-state index in [-0.39, 0.29) is 11.1 Å². The van der Waals surface area contributed by atoms with Gasteiger partial charge >= 0.3 is 11.4 Å². The van der Waals surface area contributed by atoms with E-state index in [9.17, 15) is 9.59 Å². The molecular weight excluding hydrogens is 210 g/mol.